The first-order valence-corrected chi connectivity index (χ1v) is 5.37. The SMILES string of the molecule is CC(=O)C1C2CCc3ccccc3C21. The highest BCUT2D eigenvalue weighted by atomic mass is 16.1. The summed E-state index contributed by atoms with van der Waals surface area (Å²) in [6.45, 7) is 1.74. The Morgan fingerprint density at radius 2 is 2.14 bits per heavy atom. The Balaban J connectivity index is 2.00. The molecule has 3 atom stereocenters. The summed E-state index contributed by atoms with van der Waals surface area (Å²) in [6.07, 6.45) is 2.38. The largest absolute Gasteiger partial charge is 0.300 e. The number of aryl methyl sites for hydroxylation is 1. The molecule has 0 amide bonds. The summed E-state index contributed by atoms with van der Waals surface area (Å²) in [5.41, 5.74) is 2.92. The molecule has 0 aliphatic heterocycles. The standard InChI is InChI=1S/C13H14O/c1-8(14)12-11-7-6-9-4-2-3-5-10(9)13(11)12/h2-5,11-13H,6-7H2,1H3. The summed E-state index contributed by atoms with van der Waals surface area (Å²) in [7, 11) is 0. The molecule has 1 saturated carbocycles. The van der Waals surface area contributed by atoms with E-state index in [9.17, 15) is 4.79 Å². The third kappa shape index (κ3) is 0.985. The van der Waals surface area contributed by atoms with Crippen molar-refractivity contribution >= 4 is 5.78 Å². The lowest BCUT2D eigenvalue weighted by atomic mass is 9.92. The first-order valence-electron chi connectivity index (χ1n) is 5.37. The topological polar surface area (TPSA) is 17.1 Å². The van der Waals surface area contributed by atoms with Crippen LogP contribution in [0.3, 0.4) is 0 Å². The van der Waals surface area contributed by atoms with Crippen LogP contribution in [0.5, 0.6) is 0 Å². The summed E-state index contributed by atoms with van der Waals surface area (Å²) in [5, 5.41) is 0. The maximum Gasteiger partial charge on any atom is 0.133 e. The zero-order valence-electron chi connectivity index (χ0n) is 8.36. The second kappa shape index (κ2) is 2.69. The molecule has 0 heterocycles. The number of ketones is 1. The summed E-state index contributed by atoms with van der Waals surface area (Å²) in [5.74, 6) is 1.97. The summed E-state index contributed by atoms with van der Waals surface area (Å²) < 4.78 is 0. The molecule has 2 aliphatic rings. The Morgan fingerprint density at radius 1 is 1.36 bits per heavy atom. The molecule has 2 aliphatic carbocycles. The van der Waals surface area contributed by atoms with Crippen molar-refractivity contribution in [3.05, 3.63) is 35.4 Å². The predicted molar refractivity (Wildman–Crippen MR) is 55.2 cm³/mol. The zero-order valence-corrected chi connectivity index (χ0v) is 8.36. The number of carbonyl (C=O) groups is 1. The molecule has 3 unspecified atom stereocenters. The fourth-order valence-corrected chi connectivity index (χ4v) is 3.12. The Morgan fingerprint density at radius 3 is 2.93 bits per heavy atom. The van der Waals surface area contributed by atoms with Crippen LogP contribution in [0.1, 0.15) is 30.4 Å². The van der Waals surface area contributed by atoms with Gasteiger partial charge in [-0.15, -0.1) is 0 Å². The third-order valence-electron chi connectivity index (χ3n) is 3.80. The van der Waals surface area contributed by atoms with Crippen molar-refractivity contribution in [3.8, 4) is 0 Å². The van der Waals surface area contributed by atoms with Gasteiger partial charge in [0.2, 0.25) is 0 Å². The maximum atomic E-state index is 11.4. The number of Topliss-reactive ketones (excluding diaryl/α,β-unsaturated/α-hetero) is 1. The van der Waals surface area contributed by atoms with E-state index in [0.717, 1.165) is 0 Å². The van der Waals surface area contributed by atoms with E-state index in [-0.39, 0.29) is 0 Å². The number of rotatable bonds is 1. The normalized spacial score (nSPS) is 33.1. The minimum absolute atomic E-state index is 0.346. The van der Waals surface area contributed by atoms with Gasteiger partial charge in [-0.25, -0.2) is 0 Å². The van der Waals surface area contributed by atoms with E-state index in [1.165, 1.54) is 24.0 Å². The number of carbonyl (C=O) groups excluding carboxylic acids is 1. The lowest BCUT2D eigenvalue weighted by molar-refractivity contribution is -0.118. The molecule has 0 N–H and O–H groups in total. The Labute approximate surface area is 84.1 Å². The zero-order chi connectivity index (χ0) is 9.71. The van der Waals surface area contributed by atoms with Crippen LogP contribution in [0, 0.1) is 11.8 Å². The molecule has 72 valence electrons. The number of fused-ring (bicyclic) bond motifs is 3. The van der Waals surface area contributed by atoms with E-state index in [1.807, 2.05) is 0 Å². The molecule has 1 aromatic rings. The van der Waals surface area contributed by atoms with Crippen LogP contribution >= 0.6 is 0 Å². The molecule has 14 heavy (non-hydrogen) atoms. The Bertz CT molecular complexity index is 394. The molecule has 0 spiro atoms. The van der Waals surface area contributed by atoms with Gasteiger partial charge < -0.3 is 0 Å². The summed E-state index contributed by atoms with van der Waals surface area (Å²) in [6, 6.07) is 8.61. The molecule has 1 fully saturated rings. The van der Waals surface area contributed by atoms with Crippen LogP contribution in [0.2, 0.25) is 0 Å². The third-order valence-corrected chi connectivity index (χ3v) is 3.80. The molecule has 0 aromatic heterocycles. The monoisotopic (exact) mass is 186 g/mol. The fraction of sp³-hybridized carbons (Fsp3) is 0.462. The second-order valence-corrected chi connectivity index (χ2v) is 4.56. The fourth-order valence-electron chi connectivity index (χ4n) is 3.12. The molecule has 3 rings (SSSR count). The van der Waals surface area contributed by atoms with E-state index in [1.54, 1.807) is 6.92 Å². The minimum Gasteiger partial charge on any atom is -0.300 e. The first kappa shape index (κ1) is 8.22. The van der Waals surface area contributed by atoms with Crippen molar-refractivity contribution < 1.29 is 4.79 Å². The number of hydrogen-bond acceptors (Lipinski definition) is 1. The quantitative estimate of drug-likeness (QED) is 0.658. The van der Waals surface area contributed by atoms with Gasteiger partial charge in [0, 0.05) is 5.92 Å². The lowest BCUT2D eigenvalue weighted by Crippen LogP contribution is -2.00. The van der Waals surface area contributed by atoms with Crippen molar-refractivity contribution in [2.24, 2.45) is 11.8 Å². The van der Waals surface area contributed by atoms with Gasteiger partial charge in [0.25, 0.3) is 0 Å². The smallest absolute Gasteiger partial charge is 0.133 e. The first-order chi connectivity index (χ1) is 6.79. The van der Waals surface area contributed by atoms with Gasteiger partial charge in [-0.3, -0.25) is 4.79 Å². The minimum atomic E-state index is 0.346. The van der Waals surface area contributed by atoms with Crippen LogP contribution in [0.15, 0.2) is 24.3 Å². The van der Waals surface area contributed by atoms with Crippen LogP contribution in [0.25, 0.3) is 0 Å². The Hall–Kier alpha value is -1.11. The van der Waals surface area contributed by atoms with Gasteiger partial charge in [0.05, 0.1) is 0 Å². The van der Waals surface area contributed by atoms with Gasteiger partial charge in [-0.2, -0.15) is 0 Å². The van der Waals surface area contributed by atoms with Gasteiger partial charge in [0.1, 0.15) is 5.78 Å². The van der Waals surface area contributed by atoms with Crippen LogP contribution in [-0.4, -0.2) is 5.78 Å². The highest BCUT2D eigenvalue weighted by Crippen LogP contribution is 2.59. The highest BCUT2D eigenvalue weighted by molar-refractivity contribution is 5.83. The Kier molecular flexibility index (Phi) is 1.58. The van der Waals surface area contributed by atoms with Crippen molar-refractivity contribution in [3.63, 3.8) is 0 Å². The van der Waals surface area contributed by atoms with Crippen molar-refractivity contribution in [2.45, 2.75) is 25.7 Å². The van der Waals surface area contributed by atoms with Crippen LogP contribution in [0.4, 0.5) is 0 Å². The molecule has 0 bridgehead atoms. The highest BCUT2D eigenvalue weighted by Gasteiger charge is 2.55. The van der Waals surface area contributed by atoms with E-state index in [4.69, 9.17) is 0 Å². The number of benzene rings is 1. The lowest BCUT2D eigenvalue weighted by Gasteiger charge is -2.13. The average molecular weight is 186 g/mol. The number of hydrogen-bond donors (Lipinski definition) is 0. The molecular weight excluding hydrogens is 172 g/mol. The van der Waals surface area contributed by atoms with Crippen LogP contribution in [-0.2, 0) is 11.2 Å². The molecule has 0 radical (unpaired) electrons. The van der Waals surface area contributed by atoms with Crippen molar-refractivity contribution in [1.29, 1.82) is 0 Å². The van der Waals surface area contributed by atoms with Gasteiger partial charge in [0.15, 0.2) is 0 Å². The van der Waals surface area contributed by atoms with E-state index >= 15 is 0 Å². The molecule has 1 nitrogen and oxygen atoms in total. The van der Waals surface area contributed by atoms with Crippen molar-refractivity contribution in [2.75, 3.05) is 0 Å². The van der Waals surface area contributed by atoms with Gasteiger partial charge in [-0.05, 0) is 42.7 Å². The molecule has 0 saturated heterocycles. The molecule has 1 aromatic carbocycles. The van der Waals surface area contributed by atoms with Crippen LogP contribution < -0.4 is 0 Å². The van der Waals surface area contributed by atoms with E-state index in [0.29, 0.717) is 23.5 Å². The van der Waals surface area contributed by atoms with Gasteiger partial charge in [-0.1, -0.05) is 24.3 Å². The van der Waals surface area contributed by atoms with E-state index in [2.05, 4.69) is 24.3 Å². The van der Waals surface area contributed by atoms with E-state index < -0.39 is 0 Å². The summed E-state index contributed by atoms with van der Waals surface area (Å²) in [4.78, 5) is 11.4. The second-order valence-electron chi connectivity index (χ2n) is 4.56. The predicted octanol–water partition coefficient (Wildman–Crippen LogP) is 2.55. The van der Waals surface area contributed by atoms with Crippen molar-refractivity contribution in [1.82, 2.24) is 0 Å². The maximum absolute atomic E-state index is 11.4. The molecular formula is C13H14O. The average Bonchev–Trinajstić information content (AvgIpc) is 2.92. The van der Waals surface area contributed by atoms with Gasteiger partial charge >= 0.3 is 0 Å². The summed E-state index contributed by atoms with van der Waals surface area (Å²) >= 11 is 0. The molecule has 1 heteroatoms.